The van der Waals surface area contributed by atoms with Gasteiger partial charge in [-0.2, -0.15) is 4.99 Å². The number of rotatable bonds is 4. The van der Waals surface area contributed by atoms with E-state index in [2.05, 4.69) is 23.7 Å². The molecule has 0 aliphatic rings. The second kappa shape index (κ2) is 5.32. The van der Waals surface area contributed by atoms with Gasteiger partial charge in [0.15, 0.2) is 0 Å². The van der Waals surface area contributed by atoms with Gasteiger partial charge < -0.3 is 4.90 Å². The fourth-order valence-corrected chi connectivity index (χ4v) is 1.60. The minimum absolute atomic E-state index is 0.695. The molecule has 0 aliphatic carbocycles. The van der Waals surface area contributed by atoms with Crippen molar-refractivity contribution in [3.8, 4) is 0 Å². The standard InChI is InChI=1S/C12H16N2O/c1-4-14(5-2)11-6-7-12(13-9-15)10(3)8-11/h6-8H,4-5H2,1-3H3. The largest absolute Gasteiger partial charge is 0.372 e. The normalized spacial score (nSPS) is 9.53. The number of nitrogens with zero attached hydrogens (tertiary/aromatic N) is 2. The molecule has 0 unspecified atom stereocenters. The topological polar surface area (TPSA) is 32.7 Å². The van der Waals surface area contributed by atoms with Gasteiger partial charge in [0.2, 0.25) is 6.08 Å². The van der Waals surface area contributed by atoms with Crippen LogP contribution in [0.5, 0.6) is 0 Å². The third kappa shape index (κ3) is 2.67. The molecular formula is C12H16N2O. The molecule has 0 spiro atoms. The van der Waals surface area contributed by atoms with E-state index in [-0.39, 0.29) is 0 Å². The minimum Gasteiger partial charge on any atom is -0.372 e. The summed E-state index contributed by atoms with van der Waals surface area (Å²) in [5, 5.41) is 0. The van der Waals surface area contributed by atoms with Gasteiger partial charge in [-0.05, 0) is 44.5 Å². The van der Waals surface area contributed by atoms with Crippen LogP contribution in [0.3, 0.4) is 0 Å². The average molecular weight is 204 g/mol. The highest BCUT2D eigenvalue weighted by Crippen LogP contribution is 2.24. The molecule has 3 nitrogen and oxygen atoms in total. The zero-order chi connectivity index (χ0) is 11.3. The van der Waals surface area contributed by atoms with Crippen molar-refractivity contribution in [3.05, 3.63) is 23.8 Å². The van der Waals surface area contributed by atoms with E-state index >= 15 is 0 Å². The Bertz CT molecular complexity index is 377. The molecule has 0 atom stereocenters. The lowest BCUT2D eigenvalue weighted by Gasteiger charge is -2.21. The van der Waals surface area contributed by atoms with E-state index in [4.69, 9.17) is 0 Å². The molecule has 0 aromatic heterocycles. The van der Waals surface area contributed by atoms with E-state index < -0.39 is 0 Å². The number of benzene rings is 1. The van der Waals surface area contributed by atoms with E-state index in [1.807, 2.05) is 25.1 Å². The predicted molar refractivity (Wildman–Crippen MR) is 62.5 cm³/mol. The molecule has 3 heteroatoms. The van der Waals surface area contributed by atoms with Crippen molar-refractivity contribution in [2.75, 3.05) is 18.0 Å². The molecule has 0 bridgehead atoms. The summed E-state index contributed by atoms with van der Waals surface area (Å²) in [5.74, 6) is 0. The van der Waals surface area contributed by atoms with Crippen molar-refractivity contribution < 1.29 is 4.79 Å². The maximum atomic E-state index is 10.2. The Labute approximate surface area is 90.4 Å². The van der Waals surface area contributed by atoms with Crippen LogP contribution in [0.2, 0.25) is 0 Å². The van der Waals surface area contributed by atoms with Gasteiger partial charge in [0.25, 0.3) is 0 Å². The van der Waals surface area contributed by atoms with Crippen LogP contribution in [-0.2, 0) is 4.79 Å². The Morgan fingerprint density at radius 3 is 2.47 bits per heavy atom. The van der Waals surface area contributed by atoms with Gasteiger partial charge in [0.05, 0.1) is 5.69 Å². The Kier molecular flexibility index (Phi) is 4.07. The zero-order valence-electron chi connectivity index (χ0n) is 9.45. The van der Waals surface area contributed by atoms with Gasteiger partial charge in [-0.15, -0.1) is 0 Å². The molecule has 0 fully saturated rings. The molecule has 0 radical (unpaired) electrons. The third-order valence-electron chi connectivity index (χ3n) is 2.48. The van der Waals surface area contributed by atoms with Crippen LogP contribution in [0, 0.1) is 6.92 Å². The maximum Gasteiger partial charge on any atom is 0.240 e. The van der Waals surface area contributed by atoms with Crippen LogP contribution < -0.4 is 4.90 Å². The van der Waals surface area contributed by atoms with Crippen LogP contribution in [0.4, 0.5) is 11.4 Å². The van der Waals surface area contributed by atoms with Gasteiger partial charge in [-0.25, -0.2) is 4.79 Å². The number of anilines is 1. The van der Waals surface area contributed by atoms with Crippen molar-refractivity contribution in [2.24, 2.45) is 4.99 Å². The van der Waals surface area contributed by atoms with Gasteiger partial charge in [-0.1, -0.05) is 0 Å². The lowest BCUT2D eigenvalue weighted by Crippen LogP contribution is -2.21. The predicted octanol–water partition coefficient (Wildman–Crippen LogP) is 2.81. The molecule has 0 saturated heterocycles. The van der Waals surface area contributed by atoms with Crippen LogP contribution in [-0.4, -0.2) is 19.2 Å². The number of aliphatic imine (C=N–C) groups is 1. The van der Waals surface area contributed by atoms with E-state index in [0.29, 0.717) is 5.69 Å². The van der Waals surface area contributed by atoms with Crippen molar-refractivity contribution in [1.82, 2.24) is 0 Å². The fourth-order valence-electron chi connectivity index (χ4n) is 1.60. The number of hydrogen-bond donors (Lipinski definition) is 0. The van der Waals surface area contributed by atoms with Gasteiger partial charge in [0, 0.05) is 18.8 Å². The zero-order valence-corrected chi connectivity index (χ0v) is 9.45. The first-order valence-corrected chi connectivity index (χ1v) is 5.16. The second-order valence-electron chi connectivity index (χ2n) is 3.35. The highest BCUT2D eigenvalue weighted by atomic mass is 16.1. The molecule has 80 valence electrons. The van der Waals surface area contributed by atoms with Crippen LogP contribution in [0.15, 0.2) is 23.2 Å². The van der Waals surface area contributed by atoms with Crippen molar-refractivity contribution in [2.45, 2.75) is 20.8 Å². The summed E-state index contributed by atoms with van der Waals surface area (Å²) < 4.78 is 0. The number of carbonyl (C=O) groups excluding carboxylic acids is 1. The summed E-state index contributed by atoms with van der Waals surface area (Å²) in [6.07, 6.45) is 1.56. The number of aryl methyl sites for hydroxylation is 1. The van der Waals surface area contributed by atoms with Crippen molar-refractivity contribution in [3.63, 3.8) is 0 Å². The minimum atomic E-state index is 0.695. The molecule has 0 saturated carbocycles. The lowest BCUT2D eigenvalue weighted by atomic mass is 10.1. The van der Waals surface area contributed by atoms with E-state index in [1.54, 1.807) is 6.08 Å². The molecule has 0 heterocycles. The number of isocyanates is 1. The first kappa shape index (κ1) is 11.5. The summed E-state index contributed by atoms with van der Waals surface area (Å²) >= 11 is 0. The van der Waals surface area contributed by atoms with E-state index in [9.17, 15) is 4.79 Å². The molecule has 0 N–H and O–H groups in total. The smallest absolute Gasteiger partial charge is 0.240 e. The summed E-state index contributed by atoms with van der Waals surface area (Å²) in [6.45, 7) is 8.15. The Morgan fingerprint density at radius 2 is 2.00 bits per heavy atom. The highest BCUT2D eigenvalue weighted by molar-refractivity contribution is 5.60. The monoisotopic (exact) mass is 204 g/mol. The molecule has 1 rings (SSSR count). The van der Waals surface area contributed by atoms with Crippen molar-refractivity contribution >= 4 is 17.5 Å². The number of hydrogen-bond acceptors (Lipinski definition) is 3. The highest BCUT2D eigenvalue weighted by Gasteiger charge is 2.03. The Morgan fingerprint density at radius 1 is 1.33 bits per heavy atom. The Balaban J connectivity index is 3.04. The second-order valence-corrected chi connectivity index (χ2v) is 3.35. The fraction of sp³-hybridized carbons (Fsp3) is 0.417. The summed E-state index contributed by atoms with van der Waals surface area (Å²) in [4.78, 5) is 16.0. The molecule has 1 aromatic rings. The molecule has 0 amide bonds. The molecular weight excluding hydrogens is 188 g/mol. The molecule has 1 aromatic carbocycles. The summed E-state index contributed by atoms with van der Waals surface area (Å²) in [5.41, 5.74) is 2.87. The van der Waals surface area contributed by atoms with E-state index in [0.717, 1.165) is 18.7 Å². The van der Waals surface area contributed by atoms with Crippen LogP contribution in [0.25, 0.3) is 0 Å². The van der Waals surface area contributed by atoms with E-state index in [1.165, 1.54) is 5.69 Å². The summed E-state index contributed by atoms with van der Waals surface area (Å²) in [6, 6.07) is 5.88. The van der Waals surface area contributed by atoms with Crippen LogP contribution in [0.1, 0.15) is 19.4 Å². The first-order chi connectivity index (χ1) is 7.22. The SMILES string of the molecule is CCN(CC)c1ccc(N=C=O)c(C)c1. The maximum absolute atomic E-state index is 10.2. The first-order valence-electron chi connectivity index (χ1n) is 5.16. The Hall–Kier alpha value is -1.60. The summed E-state index contributed by atoms with van der Waals surface area (Å²) in [7, 11) is 0. The van der Waals surface area contributed by atoms with Crippen LogP contribution >= 0.6 is 0 Å². The van der Waals surface area contributed by atoms with Gasteiger partial charge >= 0.3 is 0 Å². The van der Waals surface area contributed by atoms with Crippen molar-refractivity contribution in [1.29, 1.82) is 0 Å². The van der Waals surface area contributed by atoms with Gasteiger partial charge in [-0.3, -0.25) is 0 Å². The molecule has 0 aliphatic heterocycles. The van der Waals surface area contributed by atoms with Gasteiger partial charge in [0.1, 0.15) is 0 Å². The average Bonchev–Trinajstić information content (AvgIpc) is 2.24. The quantitative estimate of drug-likeness (QED) is 0.558. The third-order valence-corrected chi connectivity index (χ3v) is 2.48. The molecule has 15 heavy (non-hydrogen) atoms. The lowest BCUT2D eigenvalue weighted by molar-refractivity contribution is 0.565.